The van der Waals surface area contributed by atoms with Crippen molar-refractivity contribution < 1.29 is 28.5 Å². The number of esters is 2. The molecule has 336 valence electrons. The van der Waals surface area contributed by atoms with Crippen molar-refractivity contribution >= 4 is 11.9 Å². The first-order chi connectivity index (χ1) is 29.5. The van der Waals surface area contributed by atoms with Crippen LogP contribution in [-0.4, -0.2) is 23.1 Å². The van der Waals surface area contributed by atoms with E-state index in [2.05, 4.69) is 103 Å². The Balaban J connectivity index is 1.34. The lowest BCUT2D eigenvalue weighted by atomic mass is 9.71. The van der Waals surface area contributed by atoms with Crippen molar-refractivity contribution in [3.05, 3.63) is 154 Å². The first-order valence-corrected chi connectivity index (χ1v) is 22.8. The standard InChI is InChI=1S/C57H72O6/c1-16-52(7,8)50(58)60-46-31-25-42(26-32-46)57(15,41-23-21-20-22-24-41)43-27-33-47(34-28-43)62-56(14,19-4)54(11,12)51(59)61-48-35-29-44(37-39(48)5)53(9,10)45-30-36-49(40(6)38-45)63-55(13,17-2)18-3/h20-38H,16-19H2,1-15H3. The fourth-order valence-corrected chi connectivity index (χ4v) is 7.85. The van der Waals surface area contributed by atoms with Gasteiger partial charge in [0.2, 0.25) is 0 Å². The zero-order valence-corrected chi connectivity index (χ0v) is 40.7. The Labute approximate surface area is 378 Å². The van der Waals surface area contributed by atoms with E-state index in [1.807, 2.05) is 116 Å². The van der Waals surface area contributed by atoms with Crippen molar-refractivity contribution in [2.75, 3.05) is 0 Å². The number of aryl methyl sites for hydroxylation is 2. The van der Waals surface area contributed by atoms with E-state index in [9.17, 15) is 9.59 Å². The summed E-state index contributed by atoms with van der Waals surface area (Å²) in [7, 11) is 0. The summed E-state index contributed by atoms with van der Waals surface area (Å²) >= 11 is 0. The van der Waals surface area contributed by atoms with Crippen LogP contribution in [-0.2, 0) is 20.4 Å². The third kappa shape index (κ3) is 10.1. The van der Waals surface area contributed by atoms with Crippen LogP contribution in [0.3, 0.4) is 0 Å². The van der Waals surface area contributed by atoms with Gasteiger partial charge in [0.05, 0.1) is 5.41 Å². The molecule has 2 unspecified atom stereocenters. The molecule has 5 rings (SSSR count). The minimum absolute atomic E-state index is 0.193. The van der Waals surface area contributed by atoms with E-state index in [4.69, 9.17) is 18.9 Å². The highest BCUT2D eigenvalue weighted by atomic mass is 16.5. The molecule has 0 amide bonds. The van der Waals surface area contributed by atoms with Gasteiger partial charge >= 0.3 is 11.9 Å². The maximum atomic E-state index is 14.2. The number of hydrogen-bond donors (Lipinski definition) is 0. The zero-order chi connectivity index (χ0) is 46.6. The summed E-state index contributed by atoms with van der Waals surface area (Å²) in [5.41, 5.74) is 4.02. The maximum Gasteiger partial charge on any atom is 0.320 e. The predicted molar refractivity (Wildman–Crippen MR) is 257 cm³/mol. The second-order valence-corrected chi connectivity index (χ2v) is 19.7. The third-order valence-electron chi connectivity index (χ3n) is 14.6. The van der Waals surface area contributed by atoms with Crippen molar-refractivity contribution in [3.8, 4) is 23.0 Å². The summed E-state index contributed by atoms with van der Waals surface area (Å²) in [6.45, 7) is 30.8. The summed E-state index contributed by atoms with van der Waals surface area (Å²) in [6.07, 6.45) is 3.14. The first kappa shape index (κ1) is 48.7. The Kier molecular flexibility index (Phi) is 14.5. The maximum absolute atomic E-state index is 14.2. The molecule has 6 nitrogen and oxygen atoms in total. The molecule has 0 aliphatic rings. The fourth-order valence-electron chi connectivity index (χ4n) is 7.85. The summed E-state index contributed by atoms with van der Waals surface area (Å²) in [5.74, 6) is 2.02. The van der Waals surface area contributed by atoms with Gasteiger partial charge in [-0.25, -0.2) is 0 Å². The van der Waals surface area contributed by atoms with E-state index in [1.54, 1.807) is 0 Å². The monoisotopic (exact) mass is 853 g/mol. The van der Waals surface area contributed by atoms with Crippen molar-refractivity contribution in [1.29, 1.82) is 0 Å². The SMILES string of the molecule is CCC(C)(CC)Oc1ccc(C(C)(C)c2ccc(OC(=O)C(C)(C)C(C)(CC)Oc3ccc(C(C)(c4ccccc4)c4ccc(OC(=O)C(C)(C)CC)cc4)cc3)c(C)c2)cc1C. The van der Waals surface area contributed by atoms with Gasteiger partial charge in [0.1, 0.15) is 39.6 Å². The summed E-state index contributed by atoms with van der Waals surface area (Å²) in [4.78, 5) is 27.0. The van der Waals surface area contributed by atoms with Crippen molar-refractivity contribution in [3.63, 3.8) is 0 Å². The average Bonchev–Trinajstić information content (AvgIpc) is 3.27. The van der Waals surface area contributed by atoms with Crippen LogP contribution in [0.25, 0.3) is 0 Å². The highest BCUT2D eigenvalue weighted by Gasteiger charge is 2.49. The largest absolute Gasteiger partial charge is 0.487 e. The van der Waals surface area contributed by atoms with Gasteiger partial charge in [0.15, 0.2) is 0 Å². The van der Waals surface area contributed by atoms with Crippen molar-refractivity contribution in [2.24, 2.45) is 10.8 Å². The number of benzene rings is 5. The van der Waals surface area contributed by atoms with Gasteiger partial charge in [-0.3, -0.25) is 9.59 Å². The normalized spacial score (nSPS) is 14.3. The van der Waals surface area contributed by atoms with Gasteiger partial charge in [-0.1, -0.05) is 120 Å². The summed E-state index contributed by atoms with van der Waals surface area (Å²) < 4.78 is 25.2. The molecule has 63 heavy (non-hydrogen) atoms. The first-order valence-electron chi connectivity index (χ1n) is 22.8. The molecule has 0 heterocycles. The molecule has 6 heteroatoms. The van der Waals surface area contributed by atoms with E-state index in [1.165, 1.54) is 5.56 Å². The fraction of sp³-hybridized carbons (Fsp3) is 0.439. The second kappa shape index (κ2) is 18.8. The smallest absolute Gasteiger partial charge is 0.320 e. The van der Waals surface area contributed by atoms with E-state index >= 15 is 0 Å². The molecule has 0 saturated carbocycles. The number of carbonyl (C=O) groups is 2. The number of rotatable bonds is 18. The highest BCUT2D eigenvalue weighted by molar-refractivity contribution is 5.80. The molecule has 0 spiro atoms. The molecule has 0 saturated heterocycles. The lowest BCUT2D eigenvalue weighted by molar-refractivity contribution is -0.157. The Hall–Kier alpha value is -5.36. The molecule has 0 aromatic heterocycles. The van der Waals surface area contributed by atoms with Gasteiger partial charge in [0.25, 0.3) is 0 Å². The molecule has 5 aromatic rings. The highest BCUT2D eigenvalue weighted by Crippen LogP contribution is 2.44. The van der Waals surface area contributed by atoms with Crippen LogP contribution < -0.4 is 18.9 Å². The summed E-state index contributed by atoms with van der Waals surface area (Å²) in [5, 5.41) is 0. The molecule has 5 aromatic carbocycles. The Morgan fingerprint density at radius 2 is 0.921 bits per heavy atom. The van der Waals surface area contributed by atoms with Crippen LogP contribution >= 0.6 is 0 Å². The molecular formula is C57H72O6. The molecule has 0 aliphatic carbocycles. The quantitative estimate of drug-likeness (QED) is 0.0497. The molecule has 0 fully saturated rings. The van der Waals surface area contributed by atoms with Crippen LogP contribution in [0, 0.1) is 24.7 Å². The van der Waals surface area contributed by atoms with Gasteiger partial charge in [-0.05, 0) is 163 Å². The van der Waals surface area contributed by atoms with Crippen LogP contribution in [0.15, 0.2) is 115 Å². The van der Waals surface area contributed by atoms with Gasteiger partial charge in [-0.15, -0.1) is 0 Å². The van der Waals surface area contributed by atoms with Crippen molar-refractivity contribution in [2.45, 2.75) is 152 Å². The van der Waals surface area contributed by atoms with Gasteiger partial charge in [0, 0.05) is 10.8 Å². The Morgan fingerprint density at radius 1 is 0.460 bits per heavy atom. The second-order valence-electron chi connectivity index (χ2n) is 19.7. The van der Waals surface area contributed by atoms with Crippen LogP contribution in [0.1, 0.15) is 155 Å². The third-order valence-corrected chi connectivity index (χ3v) is 14.6. The molecule has 0 N–H and O–H groups in total. The van der Waals surface area contributed by atoms with Crippen molar-refractivity contribution in [1.82, 2.24) is 0 Å². The van der Waals surface area contributed by atoms with E-state index in [0.29, 0.717) is 30.1 Å². The molecule has 0 aliphatic heterocycles. The number of hydrogen-bond acceptors (Lipinski definition) is 6. The Morgan fingerprint density at radius 3 is 1.38 bits per heavy atom. The lowest BCUT2D eigenvalue weighted by Gasteiger charge is -2.42. The molecule has 0 radical (unpaired) electrons. The van der Waals surface area contributed by atoms with Crippen LogP contribution in [0.2, 0.25) is 0 Å². The molecule has 2 atom stereocenters. The van der Waals surface area contributed by atoms with Gasteiger partial charge in [-0.2, -0.15) is 0 Å². The van der Waals surface area contributed by atoms with Crippen LogP contribution in [0.5, 0.6) is 23.0 Å². The average molecular weight is 853 g/mol. The molecule has 0 bridgehead atoms. The Bertz CT molecular complexity index is 2350. The topological polar surface area (TPSA) is 71.1 Å². The zero-order valence-electron chi connectivity index (χ0n) is 40.7. The lowest BCUT2D eigenvalue weighted by Crippen LogP contribution is -2.52. The summed E-state index contributed by atoms with van der Waals surface area (Å²) in [6, 6.07) is 38.9. The minimum atomic E-state index is -1.02. The van der Waals surface area contributed by atoms with Crippen LogP contribution in [0.4, 0.5) is 0 Å². The number of carbonyl (C=O) groups excluding carboxylic acids is 2. The predicted octanol–water partition coefficient (Wildman–Crippen LogP) is 14.5. The molecular weight excluding hydrogens is 781 g/mol. The van der Waals surface area contributed by atoms with E-state index < -0.39 is 21.8 Å². The minimum Gasteiger partial charge on any atom is -0.487 e. The number of ether oxygens (including phenoxy) is 4. The van der Waals surface area contributed by atoms with E-state index in [0.717, 1.165) is 52.0 Å². The van der Waals surface area contributed by atoms with E-state index in [-0.39, 0.29) is 23.0 Å². The van der Waals surface area contributed by atoms with Gasteiger partial charge < -0.3 is 18.9 Å².